The summed E-state index contributed by atoms with van der Waals surface area (Å²) in [4.78, 5) is 11.4. The van der Waals surface area contributed by atoms with Gasteiger partial charge in [0.2, 0.25) is 0 Å². The van der Waals surface area contributed by atoms with Gasteiger partial charge in [-0.3, -0.25) is 5.32 Å². The fourth-order valence-corrected chi connectivity index (χ4v) is 1.44. The lowest BCUT2D eigenvalue weighted by Gasteiger charge is -2.10. The van der Waals surface area contributed by atoms with Gasteiger partial charge in [-0.15, -0.1) is 0 Å². The summed E-state index contributed by atoms with van der Waals surface area (Å²) in [7, 11) is 0. The molecule has 93 valence electrons. The maximum atomic E-state index is 11.4. The Labute approximate surface area is 102 Å². The number of aryl methyl sites for hydroxylation is 1. The Morgan fingerprint density at radius 3 is 2.82 bits per heavy atom. The van der Waals surface area contributed by atoms with E-state index in [0.29, 0.717) is 12.1 Å². The minimum atomic E-state index is -0.457. The van der Waals surface area contributed by atoms with Crippen molar-refractivity contribution in [2.75, 3.05) is 11.9 Å². The third kappa shape index (κ3) is 5.36. The van der Waals surface area contributed by atoms with Crippen LogP contribution in [0.3, 0.4) is 0 Å². The van der Waals surface area contributed by atoms with Crippen molar-refractivity contribution < 1.29 is 14.6 Å². The normalized spacial score (nSPS) is 10.4. The van der Waals surface area contributed by atoms with E-state index in [4.69, 9.17) is 4.74 Å². The van der Waals surface area contributed by atoms with E-state index >= 15 is 0 Å². The number of hydrogen-bond acceptors (Lipinski definition) is 2. The molecule has 0 unspecified atom stereocenters. The summed E-state index contributed by atoms with van der Waals surface area (Å²) in [6, 6.07) is 7.44. The molecule has 0 heterocycles. The van der Waals surface area contributed by atoms with Crippen molar-refractivity contribution in [1.29, 1.82) is 0 Å². The number of amides is 1. The average molecular weight is 236 g/mol. The molecule has 0 bridgehead atoms. The molecule has 0 atom stereocenters. The first-order valence-corrected chi connectivity index (χ1v) is 5.76. The van der Waals surface area contributed by atoms with Gasteiger partial charge in [-0.05, 0) is 44.4 Å². The number of ether oxygens (including phenoxy) is 1. The van der Waals surface area contributed by atoms with Crippen molar-refractivity contribution in [2.24, 2.45) is 0 Å². The summed E-state index contributed by atoms with van der Waals surface area (Å²) in [5.74, 6) is 0. The number of rotatable bonds is 5. The number of nitrogens with one attached hydrogen (secondary N) is 1. The van der Waals surface area contributed by atoms with Crippen molar-refractivity contribution in [3.63, 3.8) is 0 Å². The summed E-state index contributed by atoms with van der Waals surface area (Å²) < 4.78 is 4.98. The molecule has 1 N–H and O–H groups in total. The smallest absolute Gasteiger partial charge is 0.411 e. The van der Waals surface area contributed by atoms with Crippen LogP contribution in [0.1, 0.15) is 25.8 Å². The van der Waals surface area contributed by atoms with E-state index in [1.54, 1.807) is 19.9 Å². The van der Waals surface area contributed by atoms with Gasteiger partial charge in [0.15, 0.2) is 0 Å². The van der Waals surface area contributed by atoms with Gasteiger partial charge in [-0.25, -0.2) is 9.90 Å². The highest BCUT2D eigenvalue weighted by Crippen LogP contribution is 2.12. The molecule has 0 aromatic heterocycles. The van der Waals surface area contributed by atoms with E-state index < -0.39 is 6.09 Å². The standard InChI is InChI=1S/C13H18NO3/c1-10(2)17-13(16)14-12-7-3-5-11(9-12)6-4-8-15/h3,5,7,9-10H,4,6,8H2,1-2H3,(H,14,16). The second-order valence-corrected chi connectivity index (χ2v) is 4.09. The lowest BCUT2D eigenvalue weighted by atomic mass is 10.1. The Hall–Kier alpha value is -1.55. The van der Waals surface area contributed by atoms with Crippen LogP contribution in [-0.2, 0) is 16.3 Å². The molecule has 0 aliphatic rings. The molecule has 0 saturated carbocycles. The van der Waals surface area contributed by atoms with Gasteiger partial charge >= 0.3 is 6.09 Å². The van der Waals surface area contributed by atoms with Gasteiger partial charge < -0.3 is 4.74 Å². The van der Waals surface area contributed by atoms with E-state index in [2.05, 4.69) is 5.32 Å². The van der Waals surface area contributed by atoms with E-state index in [1.165, 1.54) is 0 Å². The highest BCUT2D eigenvalue weighted by Gasteiger charge is 2.05. The molecule has 0 aliphatic heterocycles. The molecule has 0 aliphatic carbocycles. The first-order chi connectivity index (χ1) is 8.11. The molecule has 0 spiro atoms. The molecular formula is C13H18NO3. The van der Waals surface area contributed by atoms with Crippen LogP contribution in [0.15, 0.2) is 24.3 Å². The summed E-state index contributed by atoms with van der Waals surface area (Å²) in [5, 5.41) is 13.0. The zero-order valence-electron chi connectivity index (χ0n) is 10.2. The second kappa shape index (κ2) is 6.91. The molecule has 1 rings (SSSR count). The van der Waals surface area contributed by atoms with Gasteiger partial charge in [-0.2, -0.15) is 0 Å². The van der Waals surface area contributed by atoms with Gasteiger partial charge in [0, 0.05) is 5.69 Å². The lowest BCUT2D eigenvalue weighted by Crippen LogP contribution is -2.18. The third-order valence-electron chi connectivity index (χ3n) is 2.13. The number of carbonyl (C=O) groups is 1. The Bertz CT molecular complexity index is 363. The highest BCUT2D eigenvalue weighted by atomic mass is 16.6. The van der Waals surface area contributed by atoms with E-state index in [0.717, 1.165) is 12.0 Å². The zero-order chi connectivity index (χ0) is 12.7. The molecule has 4 heteroatoms. The van der Waals surface area contributed by atoms with E-state index in [1.807, 2.05) is 18.2 Å². The van der Waals surface area contributed by atoms with Gasteiger partial charge in [-0.1, -0.05) is 12.1 Å². The van der Waals surface area contributed by atoms with Crippen molar-refractivity contribution in [3.05, 3.63) is 29.8 Å². The minimum Gasteiger partial charge on any atom is -0.447 e. The quantitative estimate of drug-likeness (QED) is 0.854. The van der Waals surface area contributed by atoms with E-state index in [9.17, 15) is 9.90 Å². The average Bonchev–Trinajstić information content (AvgIpc) is 2.25. The van der Waals surface area contributed by atoms with Crippen LogP contribution < -0.4 is 5.32 Å². The number of hydrogen-bond donors (Lipinski definition) is 1. The lowest BCUT2D eigenvalue weighted by molar-refractivity contribution is 0.130. The molecule has 4 nitrogen and oxygen atoms in total. The maximum Gasteiger partial charge on any atom is 0.411 e. The van der Waals surface area contributed by atoms with Crippen molar-refractivity contribution in [1.82, 2.24) is 0 Å². The molecule has 0 saturated heterocycles. The van der Waals surface area contributed by atoms with Gasteiger partial charge in [0.1, 0.15) is 0 Å². The Morgan fingerprint density at radius 2 is 2.18 bits per heavy atom. The predicted molar refractivity (Wildman–Crippen MR) is 65.6 cm³/mol. The first kappa shape index (κ1) is 13.5. The first-order valence-electron chi connectivity index (χ1n) is 5.76. The summed E-state index contributed by atoms with van der Waals surface area (Å²) in [6.45, 7) is 3.52. The zero-order valence-corrected chi connectivity index (χ0v) is 10.2. The van der Waals surface area contributed by atoms with Crippen LogP contribution in [0.4, 0.5) is 10.5 Å². The van der Waals surface area contributed by atoms with Crippen LogP contribution in [0.25, 0.3) is 0 Å². The highest BCUT2D eigenvalue weighted by molar-refractivity contribution is 5.84. The van der Waals surface area contributed by atoms with E-state index in [-0.39, 0.29) is 12.7 Å². The minimum absolute atomic E-state index is 0.0763. The van der Waals surface area contributed by atoms with Crippen LogP contribution >= 0.6 is 0 Å². The summed E-state index contributed by atoms with van der Waals surface area (Å²) in [5.41, 5.74) is 1.74. The van der Waals surface area contributed by atoms with Gasteiger partial charge in [0.05, 0.1) is 12.7 Å². The molecule has 0 fully saturated rings. The number of benzene rings is 1. The number of anilines is 1. The maximum absolute atomic E-state index is 11.4. The largest absolute Gasteiger partial charge is 0.447 e. The molecule has 17 heavy (non-hydrogen) atoms. The van der Waals surface area contributed by atoms with Crippen molar-refractivity contribution in [3.8, 4) is 0 Å². The van der Waals surface area contributed by atoms with Crippen LogP contribution in [0, 0.1) is 0 Å². The fourth-order valence-electron chi connectivity index (χ4n) is 1.44. The SMILES string of the molecule is CC(C)OC(=O)Nc1cccc(CCC[O])c1. The van der Waals surface area contributed by atoms with Crippen LogP contribution in [0.2, 0.25) is 0 Å². The predicted octanol–water partition coefficient (Wildman–Crippen LogP) is 3.01. The third-order valence-corrected chi connectivity index (χ3v) is 2.13. The summed E-state index contributed by atoms with van der Waals surface area (Å²) in [6.07, 6.45) is 0.748. The van der Waals surface area contributed by atoms with Crippen molar-refractivity contribution in [2.45, 2.75) is 32.8 Å². The van der Waals surface area contributed by atoms with Crippen molar-refractivity contribution >= 4 is 11.8 Å². The molecule has 1 aromatic carbocycles. The number of carbonyl (C=O) groups excluding carboxylic acids is 1. The van der Waals surface area contributed by atoms with Gasteiger partial charge in [0.25, 0.3) is 0 Å². The second-order valence-electron chi connectivity index (χ2n) is 4.09. The van der Waals surface area contributed by atoms with Crippen LogP contribution in [0.5, 0.6) is 0 Å². The fraction of sp³-hybridized carbons (Fsp3) is 0.462. The Morgan fingerprint density at radius 1 is 1.41 bits per heavy atom. The molecule has 1 amide bonds. The topological polar surface area (TPSA) is 58.2 Å². The monoisotopic (exact) mass is 236 g/mol. The Kier molecular flexibility index (Phi) is 5.49. The van der Waals surface area contributed by atoms with Crippen LogP contribution in [-0.4, -0.2) is 18.8 Å². The molecular weight excluding hydrogens is 218 g/mol. The molecule has 1 radical (unpaired) electrons. The summed E-state index contributed by atoms with van der Waals surface area (Å²) >= 11 is 0. The Balaban J connectivity index is 2.56. The molecule has 1 aromatic rings.